The van der Waals surface area contributed by atoms with E-state index in [1.165, 1.54) is 0 Å². The van der Waals surface area contributed by atoms with Crippen molar-refractivity contribution in [1.29, 1.82) is 0 Å². The fourth-order valence-electron chi connectivity index (χ4n) is 1.47. The van der Waals surface area contributed by atoms with Gasteiger partial charge in [0.05, 0.1) is 15.9 Å². The number of hydrogen-bond acceptors (Lipinski definition) is 4. The number of nitro groups is 1. The molecule has 0 saturated heterocycles. The van der Waals surface area contributed by atoms with Crippen LogP contribution >= 0.6 is 31.9 Å². The summed E-state index contributed by atoms with van der Waals surface area (Å²) in [6.07, 6.45) is 0. The van der Waals surface area contributed by atoms with Gasteiger partial charge in [-0.25, -0.2) is 4.39 Å². The number of anilines is 1. The molecule has 1 heterocycles. The number of halogens is 3. The zero-order valence-corrected chi connectivity index (χ0v) is 12.5. The first kappa shape index (κ1) is 14.0. The van der Waals surface area contributed by atoms with Crippen molar-refractivity contribution >= 4 is 43.2 Å². The highest BCUT2D eigenvalue weighted by Crippen LogP contribution is 2.29. The average molecular weight is 394 g/mol. The lowest BCUT2D eigenvalue weighted by molar-refractivity contribution is -0.384. The molecule has 0 aliphatic carbocycles. The highest BCUT2D eigenvalue weighted by Gasteiger charge is 2.15. The Balaban J connectivity index is 2.19. The van der Waals surface area contributed by atoms with E-state index >= 15 is 0 Å². The largest absolute Gasteiger partial charge is 0.451 e. The van der Waals surface area contributed by atoms with E-state index < -0.39 is 10.7 Å². The summed E-state index contributed by atoms with van der Waals surface area (Å²) in [7, 11) is 0. The molecule has 0 radical (unpaired) electrons. The number of benzene rings is 1. The van der Waals surface area contributed by atoms with Crippen molar-refractivity contribution in [3.05, 3.63) is 55.1 Å². The van der Waals surface area contributed by atoms with Crippen molar-refractivity contribution in [3.8, 4) is 0 Å². The molecule has 0 spiro atoms. The molecule has 1 aromatic heterocycles. The Labute approximate surface area is 124 Å². The van der Waals surface area contributed by atoms with Crippen molar-refractivity contribution in [3.63, 3.8) is 0 Å². The maximum Gasteiger partial charge on any atom is 0.292 e. The van der Waals surface area contributed by atoms with Gasteiger partial charge in [0.2, 0.25) is 0 Å². The van der Waals surface area contributed by atoms with Crippen LogP contribution in [0.4, 0.5) is 15.8 Å². The summed E-state index contributed by atoms with van der Waals surface area (Å²) in [5, 5.41) is 13.6. The van der Waals surface area contributed by atoms with Gasteiger partial charge in [-0.15, -0.1) is 0 Å². The normalized spacial score (nSPS) is 10.5. The standard InChI is InChI=1S/C11H7Br2FN2O3/c12-8-4-7(19-11(8)13)5-15-9-3-6(14)1-2-10(9)16(17)18/h1-4,15H,5H2. The number of rotatable bonds is 4. The third-order valence-electron chi connectivity index (χ3n) is 2.30. The Morgan fingerprint density at radius 2 is 2.11 bits per heavy atom. The van der Waals surface area contributed by atoms with Crippen molar-refractivity contribution < 1.29 is 13.7 Å². The average Bonchev–Trinajstić information content (AvgIpc) is 2.66. The summed E-state index contributed by atoms with van der Waals surface area (Å²) >= 11 is 6.44. The molecule has 0 amide bonds. The SMILES string of the molecule is O=[N+]([O-])c1ccc(F)cc1NCc1cc(Br)c(Br)o1. The highest BCUT2D eigenvalue weighted by atomic mass is 79.9. The van der Waals surface area contributed by atoms with Crippen LogP contribution in [0.15, 0.2) is 37.8 Å². The maximum absolute atomic E-state index is 13.1. The van der Waals surface area contributed by atoms with Crippen LogP contribution in [0.3, 0.4) is 0 Å². The van der Waals surface area contributed by atoms with Crippen LogP contribution in [0.1, 0.15) is 5.76 Å². The van der Waals surface area contributed by atoms with Crippen molar-refractivity contribution in [1.82, 2.24) is 0 Å². The molecule has 1 N–H and O–H groups in total. The summed E-state index contributed by atoms with van der Waals surface area (Å²) in [5.74, 6) is 0.00668. The van der Waals surface area contributed by atoms with Crippen LogP contribution in [-0.2, 0) is 6.54 Å². The van der Waals surface area contributed by atoms with Crippen molar-refractivity contribution in [2.75, 3.05) is 5.32 Å². The van der Waals surface area contributed by atoms with Gasteiger partial charge in [0.25, 0.3) is 5.69 Å². The van der Waals surface area contributed by atoms with Gasteiger partial charge < -0.3 is 9.73 Å². The van der Waals surface area contributed by atoms with E-state index in [1.807, 2.05) is 0 Å². The number of furan rings is 1. The zero-order chi connectivity index (χ0) is 14.0. The minimum Gasteiger partial charge on any atom is -0.451 e. The Morgan fingerprint density at radius 3 is 2.68 bits per heavy atom. The van der Waals surface area contributed by atoms with E-state index in [2.05, 4.69) is 37.2 Å². The highest BCUT2D eigenvalue weighted by molar-refractivity contribution is 9.13. The molecule has 0 fully saturated rings. The fraction of sp³-hybridized carbons (Fsp3) is 0.0909. The molecule has 0 bridgehead atoms. The molecular weight excluding hydrogens is 387 g/mol. The predicted octanol–water partition coefficient (Wildman–Crippen LogP) is 4.46. The Morgan fingerprint density at radius 1 is 1.37 bits per heavy atom. The minimum absolute atomic E-state index is 0.105. The van der Waals surface area contributed by atoms with E-state index in [0.29, 0.717) is 10.4 Å². The molecule has 8 heteroatoms. The summed E-state index contributed by atoms with van der Waals surface area (Å²) < 4.78 is 19.7. The molecule has 2 aromatic rings. The predicted molar refractivity (Wildman–Crippen MR) is 74.5 cm³/mol. The third-order valence-corrected chi connectivity index (χ3v) is 4.01. The number of nitro benzene ring substituents is 1. The molecule has 100 valence electrons. The monoisotopic (exact) mass is 392 g/mol. The van der Waals surface area contributed by atoms with E-state index in [4.69, 9.17) is 4.42 Å². The van der Waals surface area contributed by atoms with Gasteiger partial charge in [0.1, 0.15) is 17.3 Å². The second-order valence-corrected chi connectivity index (χ2v) is 5.18. The molecule has 0 atom stereocenters. The summed E-state index contributed by atoms with van der Waals surface area (Å²) in [4.78, 5) is 10.2. The van der Waals surface area contributed by atoms with Gasteiger partial charge in [-0.1, -0.05) is 0 Å². The summed E-state index contributed by atoms with van der Waals surface area (Å²) in [6.45, 7) is 0.203. The minimum atomic E-state index is -0.574. The zero-order valence-electron chi connectivity index (χ0n) is 9.32. The molecule has 0 unspecified atom stereocenters. The van der Waals surface area contributed by atoms with E-state index in [-0.39, 0.29) is 17.9 Å². The van der Waals surface area contributed by atoms with Crippen LogP contribution in [0, 0.1) is 15.9 Å². The van der Waals surface area contributed by atoms with Gasteiger partial charge in [0.15, 0.2) is 4.67 Å². The number of hydrogen-bond donors (Lipinski definition) is 1. The van der Waals surface area contributed by atoms with Gasteiger partial charge in [-0.05, 0) is 44.0 Å². The van der Waals surface area contributed by atoms with Crippen LogP contribution < -0.4 is 5.32 Å². The lowest BCUT2D eigenvalue weighted by Gasteiger charge is -2.05. The fourth-order valence-corrected chi connectivity index (χ4v) is 2.13. The number of nitrogens with zero attached hydrogens (tertiary/aromatic N) is 1. The van der Waals surface area contributed by atoms with Crippen molar-refractivity contribution in [2.45, 2.75) is 6.54 Å². The van der Waals surface area contributed by atoms with Crippen LogP contribution in [0.2, 0.25) is 0 Å². The molecule has 19 heavy (non-hydrogen) atoms. The third kappa shape index (κ3) is 3.32. The second-order valence-electron chi connectivity index (χ2n) is 3.61. The Kier molecular flexibility index (Phi) is 4.20. The van der Waals surface area contributed by atoms with Gasteiger partial charge >= 0.3 is 0 Å². The van der Waals surface area contributed by atoms with Crippen LogP contribution in [0.5, 0.6) is 0 Å². The molecule has 1 aromatic carbocycles. The van der Waals surface area contributed by atoms with E-state index in [1.54, 1.807) is 6.07 Å². The molecule has 5 nitrogen and oxygen atoms in total. The van der Waals surface area contributed by atoms with Crippen LogP contribution in [-0.4, -0.2) is 4.92 Å². The first-order valence-corrected chi connectivity index (χ1v) is 6.67. The molecular formula is C11H7Br2FN2O3. The number of nitrogens with one attached hydrogen (secondary N) is 1. The molecule has 0 aliphatic heterocycles. The first-order chi connectivity index (χ1) is 8.97. The van der Waals surface area contributed by atoms with Crippen LogP contribution in [0.25, 0.3) is 0 Å². The molecule has 2 rings (SSSR count). The smallest absolute Gasteiger partial charge is 0.292 e. The summed E-state index contributed by atoms with van der Waals surface area (Å²) in [6, 6.07) is 4.95. The molecule has 0 aliphatic rings. The summed E-state index contributed by atoms with van der Waals surface area (Å²) in [5.41, 5.74) is -0.0836. The van der Waals surface area contributed by atoms with Crippen molar-refractivity contribution in [2.24, 2.45) is 0 Å². The lowest BCUT2D eigenvalue weighted by atomic mass is 10.2. The second kappa shape index (κ2) is 5.70. The quantitative estimate of drug-likeness (QED) is 0.614. The first-order valence-electron chi connectivity index (χ1n) is 5.09. The van der Waals surface area contributed by atoms with E-state index in [9.17, 15) is 14.5 Å². The lowest BCUT2D eigenvalue weighted by Crippen LogP contribution is -2.02. The van der Waals surface area contributed by atoms with Gasteiger partial charge in [-0.2, -0.15) is 0 Å². The van der Waals surface area contributed by atoms with E-state index in [0.717, 1.165) is 22.7 Å². The maximum atomic E-state index is 13.1. The van der Waals surface area contributed by atoms with Gasteiger partial charge in [-0.3, -0.25) is 10.1 Å². The van der Waals surface area contributed by atoms with Gasteiger partial charge in [0, 0.05) is 12.1 Å². The topological polar surface area (TPSA) is 68.3 Å². The Bertz CT molecular complexity index is 611. The molecule has 0 saturated carbocycles. The Hall–Kier alpha value is -1.41.